The van der Waals surface area contributed by atoms with Crippen LogP contribution in [0.3, 0.4) is 0 Å². The van der Waals surface area contributed by atoms with Crippen LogP contribution >= 0.6 is 0 Å². The van der Waals surface area contributed by atoms with Gasteiger partial charge in [-0.15, -0.1) is 0 Å². The smallest absolute Gasteiger partial charge is 0.223 e. The van der Waals surface area contributed by atoms with E-state index in [1.165, 1.54) is 0 Å². The zero-order valence-corrected chi connectivity index (χ0v) is 17.1. The fraction of sp³-hybridized carbons (Fsp3) is 0.409. The summed E-state index contributed by atoms with van der Waals surface area (Å²) in [4.78, 5) is 20.7. The third kappa shape index (κ3) is 4.01. The molecule has 1 aromatic rings. The lowest BCUT2D eigenvalue weighted by atomic mass is 10.00. The van der Waals surface area contributed by atoms with Gasteiger partial charge in [0.05, 0.1) is 24.1 Å². The highest BCUT2D eigenvalue weighted by atomic mass is 16.5. The van der Waals surface area contributed by atoms with Crippen LogP contribution in [0.15, 0.2) is 45.9 Å². The summed E-state index contributed by atoms with van der Waals surface area (Å²) in [6.07, 6.45) is 4.25. The highest BCUT2D eigenvalue weighted by Crippen LogP contribution is 2.29. The Balaban J connectivity index is 1.94. The summed E-state index contributed by atoms with van der Waals surface area (Å²) in [7, 11) is 3.42. The van der Waals surface area contributed by atoms with Crippen LogP contribution in [-0.4, -0.2) is 44.3 Å². The van der Waals surface area contributed by atoms with Crippen LogP contribution in [0.2, 0.25) is 0 Å². The van der Waals surface area contributed by atoms with Crippen molar-refractivity contribution in [2.75, 3.05) is 20.7 Å². The van der Waals surface area contributed by atoms with Crippen molar-refractivity contribution >= 4 is 23.2 Å². The van der Waals surface area contributed by atoms with Gasteiger partial charge in [0.25, 0.3) is 0 Å². The number of aryl methyl sites for hydroxylation is 1. The van der Waals surface area contributed by atoms with E-state index < -0.39 is 0 Å². The summed E-state index contributed by atoms with van der Waals surface area (Å²) in [6.45, 7) is 6.56. The topological polar surface area (TPSA) is 72.3 Å². The zero-order chi connectivity index (χ0) is 20.3. The van der Waals surface area contributed by atoms with Crippen molar-refractivity contribution in [2.24, 2.45) is 15.9 Å². The van der Waals surface area contributed by atoms with E-state index in [1.807, 2.05) is 51.1 Å². The number of rotatable bonds is 4. The van der Waals surface area contributed by atoms with Gasteiger partial charge < -0.3 is 14.8 Å². The molecule has 2 aliphatic heterocycles. The molecule has 0 bridgehead atoms. The molecule has 148 valence electrons. The van der Waals surface area contributed by atoms with E-state index in [-0.39, 0.29) is 17.9 Å². The summed E-state index contributed by atoms with van der Waals surface area (Å²) in [5.74, 6) is 1.54. The van der Waals surface area contributed by atoms with E-state index >= 15 is 0 Å². The second kappa shape index (κ2) is 8.42. The Morgan fingerprint density at radius 1 is 1.39 bits per heavy atom. The Hall–Kier alpha value is -2.89. The van der Waals surface area contributed by atoms with Crippen molar-refractivity contribution < 1.29 is 14.3 Å². The molecule has 2 aliphatic rings. The van der Waals surface area contributed by atoms with E-state index in [0.717, 1.165) is 33.9 Å². The minimum absolute atomic E-state index is 0.0698. The average Bonchev–Trinajstić information content (AvgIpc) is 3.14. The maximum absolute atomic E-state index is 11.5. The number of hydrogen-bond acceptors (Lipinski definition) is 5. The molecule has 0 saturated carbocycles. The van der Waals surface area contributed by atoms with Crippen LogP contribution in [0, 0.1) is 12.8 Å². The van der Waals surface area contributed by atoms with Gasteiger partial charge in [-0.1, -0.05) is 18.2 Å². The molecule has 1 saturated heterocycles. The predicted octanol–water partition coefficient (Wildman–Crippen LogP) is 3.31. The Bertz CT molecular complexity index is 896. The van der Waals surface area contributed by atoms with Gasteiger partial charge in [-0.2, -0.15) is 0 Å². The molecule has 0 radical (unpaired) electrons. The number of nitrogens with one attached hydrogen (secondary N) is 1. The number of methoxy groups -OCH3 is 1. The number of nitrogens with zero attached hydrogens (tertiary/aromatic N) is 2. The van der Waals surface area contributed by atoms with Crippen LogP contribution in [0.5, 0.6) is 5.75 Å². The quantitative estimate of drug-likeness (QED) is 0.870. The van der Waals surface area contributed by atoms with Crippen LogP contribution in [0.1, 0.15) is 31.4 Å². The van der Waals surface area contributed by atoms with Crippen molar-refractivity contribution in [3.05, 3.63) is 47.1 Å². The largest absolute Gasteiger partial charge is 0.496 e. The molecule has 1 amide bonds. The lowest BCUT2D eigenvalue weighted by Gasteiger charge is -2.24. The molecule has 0 aromatic heterocycles. The third-order valence-electron chi connectivity index (χ3n) is 5.21. The Kier molecular flexibility index (Phi) is 5.97. The Labute approximate surface area is 166 Å². The first-order valence-electron chi connectivity index (χ1n) is 9.49. The van der Waals surface area contributed by atoms with Gasteiger partial charge in [-0.05, 0) is 38.5 Å². The van der Waals surface area contributed by atoms with Crippen molar-refractivity contribution in [1.82, 2.24) is 5.32 Å². The van der Waals surface area contributed by atoms with Gasteiger partial charge in [0.1, 0.15) is 11.9 Å². The van der Waals surface area contributed by atoms with E-state index in [2.05, 4.69) is 10.3 Å². The van der Waals surface area contributed by atoms with Crippen LogP contribution < -0.4 is 10.1 Å². The molecule has 1 N–H and O–H groups in total. The molecule has 0 aliphatic carbocycles. The van der Waals surface area contributed by atoms with Crippen molar-refractivity contribution in [3.8, 4) is 5.75 Å². The number of ether oxygens (including phenoxy) is 2. The SMILES string of the molecule is C/C=C1\C(=NC)C=C(c2ccc(C)c(OC)c2)N=C1O[C@H](C)[C@H]1CNC(=O)C1. The molecule has 2 atom stereocenters. The highest BCUT2D eigenvalue weighted by molar-refractivity contribution is 6.30. The molecule has 1 fully saturated rings. The predicted molar refractivity (Wildman–Crippen MR) is 112 cm³/mol. The van der Waals surface area contributed by atoms with Gasteiger partial charge in [0.2, 0.25) is 11.8 Å². The number of benzene rings is 1. The van der Waals surface area contributed by atoms with Gasteiger partial charge in [0, 0.05) is 31.5 Å². The molecule has 1 aromatic carbocycles. The van der Waals surface area contributed by atoms with Gasteiger partial charge in [0.15, 0.2) is 0 Å². The molecular weight excluding hydrogens is 354 g/mol. The zero-order valence-electron chi connectivity index (χ0n) is 17.1. The minimum Gasteiger partial charge on any atom is -0.496 e. The number of carbonyl (C=O) groups is 1. The maximum atomic E-state index is 11.5. The second-order valence-electron chi connectivity index (χ2n) is 7.03. The first-order chi connectivity index (χ1) is 13.5. The number of carbonyl (C=O) groups excluding carboxylic acids is 1. The first-order valence-corrected chi connectivity index (χ1v) is 9.49. The number of amides is 1. The number of allylic oxidation sites excluding steroid dienone is 2. The molecule has 6 nitrogen and oxygen atoms in total. The summed E-state index contributed by atoms with van der Waals surface area (Å²) in [5, 5.41) is 2.86. The van der Waals surface area contributed by atoms with Crippen molar-refractivity contribution in [2.45, 2.75) is 33.3 Å². The summed E-state index contributed by atoms with van der Waals surface area (Å²) < 4.78 is 11.7. The lowest BCUT2D eigenvalue weighted by molar-refractivity contribution is -0.119. The molecule has 0 spiro atoms. The van der Waals surface area contributed by atoms with E-state index in [1.54, 1.807) is 14.2 Å². The van der Waals surface area contributed by atoms with Gasteiger partial charge in [-0.3, -0.25) is 9.79 Å². The normalized spacial score (nSPS) is 23.3. The standard InChI is InChI=1S/C22H27N3O3/c1-6-17-19(23-4)11-18(15-8-7-13(2)20(9-15)27-5)25-22(17)28-14(3)16-10-21(26)24-12-16/h6-9,11,14,16H,10,12H2,1-5H3,(H,24,26)/b17-6+,23-19?/t14-,16-/m1/s1. The van der Waals surface area contributed by atoms with Gasteiger partial charge in [-0.25, -0.2) is 4.99 Å². The van der Waals surface area contributed by atoms with E-state index in [4.69, 9.17) is 14.5 Å². The molecular formula is C22H27N3O3. The molecule has 6 heteroatoms. The van der Waals surface area contributed by atoms with Crippen molar-refractivity contribution in [3.63, 3.8) is 0 Å². The summed E-state index contributed by atoms with van der Waals surface area (Å²) >= 11 is 0. The summed E-state index contributed by atoms with van der Waals surface area (Å²) in [6, 6.07) is 6.00. The fourth-order valence-electron chi connectivity index (χ4n) is 3.42. The third-order valence-corrected chi connectivity index (χ3v) is 5.21. The molecule has 3 rings (SSSR count). The first kappa shape index (κ1) is 19.9. The number of hydrogen-bond donors (Lipinski definition) is 1. The van der Waals surface area contributed by atoms with Crippen LogP contribution in [-0.2, 0) is 9.53 Å². The minimum atomic E-state index is -0.141. The maximum Gasteiger partial charge on any atom is 0.223 e. The summed E-state index contributed by atoms with van der Waals surface area (Å²) in [5.41, 5.74) is 4.44. The highest BCUT2D eigenvalue weighted by Gasteiger charge is 2.30. The van der Waals surface area contributed by atoms with Gasteiger partial charge >= 0.3 is 0 Å². The average molecular weight is 381 g/mol. The number of aliphatic imine (C=N–C) groups is 2. The van der Waals surface area contributed by atoms with E-state index in [9.17, 15) is 4.79 Å². The van der Waals surface area contributed by atoms with E-state index in [0.29, 0.717) is 18.9 Å². The Morgan fingerprint density at radius 2 is 2.18 bits per heavy atom. The van der Waals surface area contributed by atoms with Crippen LogP contribution in [0.25, 0.3) is 5.70 Å². The second-order valence-corrected chi connectivity index (χ2v) is 7.03. The fourth-order valence-corrected chi connectivity index (χ4v) is 3.42. The molecule has 0 unspecified atom stereocenters. The lowest BCUT2D eigenvalue weighted by Crippen LogP contribution is -2.29. The molecule has 2 heterocycles. The monoisotopic (exact) mass is 381 g/mol. The Morgan fingerprint density at radius 3 is 2.79 bits per heavy atom. The van der Waals surface area contributed by atoms with Crippen LogP contribution in [0.4, 0.5) is 0 Å². The van der Waals surface area contributed by atoms with Crippen molar-refractivity contribution in [1.29, 1.82) is 0 Å². The molecule has 28 heavy (non-hydrogen) atoms.